The molecule has 0 bridgehead atoms. The van der Waals surface area contributed by atoms with Crippen molar-refractivity contribution in [3.63, 3.8) is 0 Å². The van der Waals surface area contributed by atoms with Gasteiger partial charge in [0.25, 0.3) is 0 Å². The first-order valence-corrected chi connectivity index (χ1v) is 13.9. The molecule has 7 nitrogen and oxygen atoms in total. The Bertz CT molecular complexity index is 1130. The van der Waals surface area contributed by atoms with Crippen molar-refractivity contribution >= 4 is 46.7 Å². The lowest BCUT2D eigenvalue weighted by atomic mass is 10.1. The third-order valence-corrected chi connectivity index (χ3v) is 7.65. The van der Waals surface area contributed by atoms with Crippen LogP contribution in [0.2, 0.25) is 0 Å². The van der Waals surface area contributed by atoms with E-state index >= 15 is 0 Å². The second kappa shape index (κ2) is 17.0. The Balaban J connectivity index is 0.000000686. The number of hydrogen-bond acceptors (Lipinski definition) is 5. The average Bonchev–Trinajstić information content (AvgIpc) is 3.66. The van der Waals surface area contributed by atoms with Crippen LogP contribution in [-0.4, -0.2) is 44.7 Å². The minimum Gasteiger partial charge on any atom is -0.480 e. The quantitative estimate of drug-likeness (QED) is 0.164. The number of carbonyl (C=O) groups is 2. The minimum atomic E-state index is -1.90. The van der Waals surface area contributed by atoms with Gasteiger partial charge in [0, 0.05) is 11.0 Å². The number of rotatable bonds is 13. The Kier molecular flexibility index (Phi) is 14.9. The fraction of sp³-hybridized carbons (Fsp3) is 0.286. The summed E-state index contributed by atoms with van der Waals surface area (Å²) in [4.78, 5) is 25.1. The molecule has 1 amide bonds. The van der Waals surface area contributed by atoms with Gasteiger partial charge in [-0.15, -0.1) is 0 Å². The molecule has 1 fully saturated rings. The van der Waals surface area contributed by atoms with Gasteiger partial charge in [0.05, 0.1) is 18.6 Å². The van der Waals surface area contributed by atoms with Gasteiger partial charge in [-0.25, -0.2) is 4.21 Å². The predicted molar refractivity (Wildman–Crippen MR) is 158 cm³/mol. The highest BCUT2D eigenvalue weighted by Crippen LogP contribution is 2.56. The van der Waals surface area contributed by atoms with Crippen molar-refractivity contribution in [2.45, 2.75) is 38.6 Å². The van der Waals surface area contributed by atoms with Gasteiger partial charge in [-0.1, -0.05) is 85.0 Å². The summed E-state index contributed by atoms with van der Waals surface area (Å²) in [6.45, 7) is 12.5. The van der Waals surface area contributed by atoms with Crippen molar-refractivity contribution in [1.29, 1.82) is 0 Å². The first-order valence-electron chi connectivity index (χ1n) is 11.7. The Hall–Kier alpha value is -2.69. The van der Waals surface area contributed by atoms with Crippen LogP contribution in [0.1, 0.15) is 38.7 Å². The van der Waals surface area contributed by atoms with Crippen molar-refractivity contribution in [1.82, 2.24) is 9.03 Å². The first kappa shape index (κ1) is 33.3. The number of amides is 1. The monoisotopic (exact) mass is 578 g/mol. The maximum atomic E-state index is 13.4. The van der Waals surface area contributed by atoms with Crippen LogP contribution in [0.4, 0.5) is 0 Å². The summed E-state index contributed by atoms with van der Waals surface area (Å²) in [5.41, 5.74) is 0.377. The molecule has 1 aromatic carbocycles. The van der Waals surface area contributed by atoms with Crippen molar-refractivity contribution in [3.05, 3.63) is 107 Å². The number of aliphatic carboxylic acids is 1. The van der Waals surface area contributed by atoms with Gasteiger partial charge < -0.3 is 9.29 Å². The molecule has 0 heterocycles. The molecule has 0 aliphatic heterocycles. The molecule has 1 aromatic rings. The van der Waals surface area contributed by atoms with Crippen LogP contribution in [0.15, 0.2) is 102 Å². The van der Waals surface area contributed by atoms with Crippen LogP contribution in [-0.2, 0) is 24.8 Å². The van der Waals surface area contributed by atoms with E-state index in [1.54, 1.807) is 25.2 Å². The number of carbonyl (C=O) groups excluding carboxylic acids is 1. The lowest BCUT2D eigenvalue weighted by molar-refractivity contribution is -0.143. The van der Waals surface area contributed by atoms with Gasteiger partial charge in [-0.3, -0.25) is 14.3 Å². The molecule has 0 spiro atoms. The predicted octanol–water partition coefficient (Wildman–Crippen LogP) is 6.20. The number of nitrogens with zero attached hydrogens (tertiary/aromatic N) is 1. The Morgan fingerprint density at radius 3 is 2.45 bits per heavy atom. The molecule has 0 radical (unpaired) electrons. The molecule has 10 heteroatoms. The smallest absolute Gasteiger partial charge is 0.325 e. The number of carboxylic acid groups (broad SMARTS) is 1. The number of nitrogens with one attached hydrogen (secondary N) is 1. The van der Waals surface area contributed by atoms with Crippen molar-refractivity contribution < 1.29 is 23.1 Å². The molecular formula is C28H35ClN2O5S2. The summed E-state index contributed by atoms with van der Waals surface area (Å²) in [6, 6.07) is 9.17. The van der Waals surface area contributed by atoms with Crippen LogP contribution in [0, 0.1) is 0 Å². The number of allylic oxidation sites excluding steroid dienone is 9. The van der Waals surface area contributed by atoms with E-state index in [0.29, 0.717) is 4.91 Å². The van der Waals surface area contributed by atoms with E-state index in [1.807, 2.05) is 62.4 Å². The van der Waals surface area contributed by atoms with E-state index in [0.717, 1.165) is 28.4 Å². The lowest BCUT2D eigenvalue weighted by Crippen LogP contribution is -2.50. The molecular weight excluding hydrogens is 544 g/mol. The maximum absolute atomic E-state index is 13.4. The molecule has 3 atom stereocenters. The van der Waals surface area contributed by atoms with Gasteiger partial charge in [-0.05, 0) is 51.0 Å². The Labute approximate surface area is 237 Å². The third-order valence-electron chi connectivity index (χ3n) is 5.29. The molecule has 0 aromatic heterocycles. The number of halogens is 1. The summed E-state index contributed by atoms with van der Waals surface area (Å²) in [6.07, 6.45) is 12.1. The first-order chi connectivity index (χ1) is 18.1. The second-order valence-corrected chi connectivity index (χ2v) is 10.7. The normalized spacial score (nSPS) is 20.1. The lowest BCUT2D eigenvalue weighted by Gasteiger charge is -2.28. The van der Waals surface area contributed by atoms with Gasteiger partial charge in [0.2, 0.25) is 5.91 Å². The maximum Gasteiger partial charge on any atom is 0.325 e. The van der Waals surface area contributed by atoms with Crippen LogP contribution in [0.5, 0.6) is 0 Å². The number of carboxylic acids is 1. The molecule has 2 N–H and O–H groups in total. The van der Waals surface area contributed by atoms with Crippen LogP contribution in [0.3, 0.4) is 0 Å². The fourth-order valence-corrected chi connectivity index (χ4v) is 5.28. The fourth-order valence-electron chi connectivity index (χ4n) is 3.45. The number of hydrogen-bond donors (Lipinski definition) is 2. The van der Waals surface area contributed by atoms with Gasteiger partial charge in [0.1, 0.15) is 28.8 Å². The number of benzene rings is 1. The van der Waals surface area contributed by atoms with Gasteiger partial charge >= 0.3 is 5.97 Å². The van der Waals surface area contributed by atoms with Crippen molar-refractivity contribution in [2.24, 2.45) is 0 Å². The summed E-state index contributed by atoms with van der Waals surface area (Å²) >= 11 is 6.36. The average molecular weight is 579 g/mol. The molecule has 2 rings (SSSR count). The highest BCUT2D eigenvalue weighted by atomic mass is 35.5. The summed E-state index contributed by atoms with van der Waals surface area (Å²) in [5.74, 6) is -2.02. The highest BCUT2D eigenvalue weighted by molar-refractivity contribution is 7.93. The van der Waals surface area contributed by atoms with Crippen LogP contribution < -0.4 is 4.72 Å². The second-order valence-electron chi connectivity index (χ2n) is 8.12. The van der Waals surface area contributed by atoms with E-state index in [2.05, 4.69) is 17.9 Å². The van der Waals surface area contributed by atoms with E-state index in [9.17, 15) is 18.9 Å². The van der Waals surface area contributed by atoms with E-state index in [1.165, 1.54) is 17.5 Å². The van der Waals surface area contributed by atoms with Gasteiger partial charge in [-0.2, -0.15) is 4.31 Å². The van der Waals surface area contributed by atoms with E-state index < -0.39 is 28.4 Å². The zero-order valence-electron chi connectivity index (χ0n) is 22.1. The van der Waals surface area contributed by atoms with Crippen LogP contribution in [0.25, 0.3) is 0 Å². The molecule has 1 saturated carbocycles. The van der Waals surface area contributed by atoms with E-state index in [4.69, 9.17) is 15.8 Å². The van der Waals surface area contributed by atoms with Crippen LogP contribution >= 0.6 is 23.8 Å². The molecule has 206 valence electrons. The molecule has 0 saturated heterocycles. The largest absolute Gasteiger partial charge is 0.480 e. The zero-order valence-corrected chi connectivity index (χ0v) is 24.4. The Morgan fingerprint density at radius 1 is 1.29 bits per heavy atom. The zero-order chi connectivity index (χ0) is 28.7. The third kappa shape index (κ3) is 9.89. The molecule has 3 unspecified atom stereocenters. The molecule has 1 aliphatic rings. The summed E-state index contributed by atoms with van der Waals surface area (Å²) in [5, 5.41) is 10.8. The van der Waals surface area contributed by atoms with E-state index in [-0.39, 0.29) is 18.9 Å². The highest BCUT2D eigenvalue weighted by Gasteiger charge is 2.66. The SMILES string of the molecule is C=C(C)/C=C\C(Cl)=C/C.C=C/C=C(\C=C/C)S(=O)N(CC(=O)NSOC)C1(C(=O)O)CC1c1ccccc1. The summed E-state index contributed by atoms with van der Waals surface area (Å²) < 4.78 is 21.8. The van der Waals surface area contributed by atoms with Crippen molar-refractivity contribution in [2.75, 3.05) is 13.7 Å². The minimum absolute atomic E-state index is 0.250. The standard InChI is InChI=1S/C20H24N2O5S2.C8H11Cl/c1-4-9-16(10-5-2)29(26)22(14-18(23)21-28-27-3)20(19(24)25)13-17(20)15-11-7-6-8-12-15;1-4-8(9)6-5-7(2)3/h4-12,17H,1,13-14H2,2-3H3,(H,21,23)(H,24,25);4-6H,2H2,1,3H3/b10-5-,16-9+;6-5-,8-4+. The van der Waals surface area contributed by atoms with Crippen molar-refractivity contribution in [3.8, 4) is 0 Å². The molecule has 38 heavy (non-hydrogen) atoms. The topological polar surface area (TPSA) is 95.9 Å². The summed E-state index contributed by atoms with van der Waals surface area (Å²) in [7, 11) is -0.507. The Morgan fingerprint density at radius 2 is 1.95 bits per heavy atom. The van der Waals surface area contributed by atoms with Gasteiger partial charge in [0.15, 0.2) is 0 Å². The molecule has 1 aliphatic carbocycles.